The Bertz CT molecular complexity index is 434. The normalized spacial score (nSPS) is 11.0. The van der Waals surface area contributed by atoms with Crippen LogP contribution >= 0.6 is 0 Å². The summed E-state index contributed by atoms with van der Waals surface area (Å²) in [4.78, 5) is 8.63. The van der Waals surface area contributed by atoms with Crippen LogP contribution in [0.1, 0.15) is 12.8 Å². The fourth-order valence-electron chi connectivity index (χ4n) is 1.87. The molecule has 18 heavy (non-hydrogen) atoms. The first kappa shape index (κ1) is 12.8. The fourth-order valence-corrected chi connectivity index (χ4v) is 1.87. The number of aromatic nitrogens is 4. The summed E-state index contributed by atoms with van der Waals surface area (Å²) >= 11 is 0. The highest BCUT2D eigenvalue weighted by Crippen LogP contribution is 2.16. The van der Waals surface area contributed by atoms with Gasteiger partial charge in [-0.2, -0.15) is 0 Å². The molecule has 6 nitrogen and oxygen atoms in total. The summed E-state index contributed by atoms with van der Waals surface area (Å²) in [5.74, 6) is 1.60. The summed E-state index contributed by atoms with van der Waals surface area (Å²) < 4.78 is 3.96. The van der Waals surface area contributed by atoms with Gasteiger partial charge in [0.2, 0.25) is 0 Å². The lowest BCUT2D eigenvalue weighted by Gasteiger charge is -2.09. The van der Waals surface area contributed by atoms with E-state index in [1.807, 2.05) is 21.5 Å². The van der Waals surface area contributed by atoms with Crippen molar-refractivity contribution in [1.82, 2.24) is 19.1 Å². The van der Waals surface area contributed by atoms with Crippen LogP contribution in [0.2, 0.25) is 0 Å². The SMILES string of the molecule is OCCCn1ccnc1-c1nccn1CCCO. The van der Waals surface area contributed by atoms with Crippen molar-refractivity contribution in [3.05, 3.63) is 24.8 Å². The molecule has 0 aliphatic carbocycles. The van der Waals surface area contributed by atoms with Gasteiger partial charge in [-0.05, 0) is 12.8 Å². The van der Waals surface area contributed by atoms with Crippen LogP contribution < -0.4 is 0 Å². The second kappa shape index (κ2) is 6.32. The average molecular weight is 250 g/mol. The summed E-state index contributed by atoms with van der Waals surface area (Å²) in [5, 5.41) is 17.7. The van der Waals surface area contributed by atoms with Gasteiger partial charge in [0.1, 0.15) is 0 Å². The highest BCUT2D eigenvalue weighted by molar-refractivity contribution is 5.44. The largest absolute Gasteiger partial charge is 0.396 e. The van der Waals surface area contributed by atoms with Gasteiger partial charge in [0.05, 0.1) is 0 Å². The second-order valence-electron chi connectivity index (χ2n) is 4.04. The van der Waals surface area contributed by atoms with Crippen molar-refractivity contribution in [3.8, 4) is 11.6 Å². The zero-order chi connectivity index (χ0) is 12.8. The molecule has 0 amide bonds. The van der Waals surface area contributed by atoms with Gasteiger partial charge >= 0.3 is 0 Å². The molecule has 2 aromatic heterocycles. The lowest BCUT2D eigenvalue weighted by molar-refractivity contribution is 0.278. The van der Waals surface area contributed by atoms with Crippen molar-refractivity contribution < 1.29 is 10.2 Å². The Hall–Kier alpha value is -1.66. The number of hydrogen-bond acceptors (Lipinski definition) is 4. The van der Waals surface area contributed by atoms with Crippen LogP contribution in [-0.2, 0) is 13.1 Å². The first-order valence-corrected chi connectivity index (χ1v) is 6.11. The van der Waals surface area contributed by atoms with E-state index in [0.29, 0.717) is 12.8 Å². The third-order valence-electron chi connectivity index (χ3n) is 2.75. The predicted octanol–water partition coefficient (Wildman–Crippen LogP) is 0.511. The number of aryl methyl sites for hydroxylation is 2. The number of rotatable bonds is 7. The molecule has 0 spiro atoms. The smallest absolute Gasteiger partial charge is 0.176 e. The highest BCUT2D eigenvalue weighted by atomic mass is 16.3. The fraction of sp³-hybridized carbons (Fsp3) is 0.500. The molecule has 0 radical (unpaired) electrons. The molecule has 0 saturated heterocycles. The summed E-state index contributed by atoms with van der Waals surface area (Å²) in [5.41, 5.74) is 0. The van der Waals surface area contributed by atoms with Crippen LogP contribution in [0.3, 0.4) is 0 Å². The Morgan fingerprint density at radius 1 is 0.833 bits per heavy atom. The standard InChI is InChI=1S/C12H18N4O2/c17-9-1-5-15-7-3-13-11(15)12-14-4-8-16(12)6-2-10-18/h3-4,7-8,17-18H,1-2,5-6,9-10H2. The monoisotopic (exact) mass is 250 g/mol. The third-order valence-corrected chi connectivity index (χ3v) is 2.75. The van der Waals surface area contributed by atoms with Crippen LogP contribution in [0.15, 0.2) is 24.8 Å². The zero-order valence-corrected chi connectivity index (χ0v) is 10.2. The number of aliphatic hydroxyl groups excluding tert-OH is 2. The molecule has 0 unspecified atom stereocenters. The van der Waals surface area contributed by atoms with E-state index >= 15 is 0 Å². The Balaban J connectivity index is 2.20. The van der Waals surface area contributed by atoms with Crippen molar-refractivity contribution >= 4 is 0 Å². The van der Waals surface area contributed by atoms with Gasteiger partial charge in [-0.3, -0.25) is 0 Å². The van der Waals surface area contributed by atoms with Crippen molar-refractivity contribution in [2.24, 2.45) is 0 Å². The van der Waals surface area contributed by atoms with Gasteiger partial charge in [0.25, 0.3) is 0 Å². The molecule has 0 saturated carbocycles. The topological polar surface area (TPSA) is 76.1 Å². The van der Waals surface area contributed by atoms with Crippen LogP contribution in [0.25, 0.3) is 11.6 Å². The Kier molecular flexibility index (Phi) is 4.49. The number of imidazole rings is 2. The van der Waals surface area contributed by atoms with Crippen molar-refractivity contribution in [3.63, 3.8) is 0 Å². The van der Waals surface area contributed by atoms with E-state index in [-0.39, 0.29) is 13.2 Å². The van der Waals surface area contributed by atoms with Crippen LogP contribution in [0.4, 0.5) is 0 Å². The maximum absolute atomic E-state index is 8.87. The van der Waals surface area contributed by atoms with Gasteiger partial charge in [-0.15, -0.1) is 0 Å². The molecular weight excluding hydrogens is 232 g/mol. The quantitative estimate of drug-likeness (QED) is 0.750. The molecule has 2 N–H and O–H groups in total. The van der Waals surface area contributed by atoms with E-state index in [9.17, 15) is 0 Å². The molecule has 2 heterocycles. The molecule has 0 aliphatic rings. The van der Waals surface area contributed by atoms with Crippen molar-refractivity contribution in [1.29, 1.82) is 0 Å². The lowest BCUT2D eigenvalue weighted by Crippen LogP contribution is -2.07. The van der Waals surface area contributed by atoms with E-state index < -0.39 is 0 Å². The minimum atomic E-state index is 0.163. The molecule has 0 atom stereocenters. The van der Waals surface area contributed by atoms with Gasteiger partial charge in [-0.1, -0.05) is 0 Å². The van der Waals surface area contributed by atoms with Crippen molar-refractivity contribution in [2.75, 3.05) is 13.2 Å². The van der Waals surface area contributed by atoms with E-state index in [4.69, 9.17) is 10.2 Å². The molecule has 0 bridgehead atoms. The van der Waals surface area contributed by atoms with Crippen LogP contribution in [0.5, 0.6) is 0 Å². The number of aliphatic hydroxyl groups is 2. The minimum absolute atomic E-state index is 0.163. The van der Waals surface area contributed by atoms with Crippen LogP contribution in [0, 0.1) is 0 Å². The molecule has 6 heteroatoms. The van der Waals surface area contributed by atoms with E-state index in [2.05, 4.69) is 9.97 Å². The number of nitrogens with zero attached hydrogens (tertiary/aromatic N) is 4. The Morgan fingerprint density at radius 2 is 1.28 bits per heavy atom. The van der Waals surface area contributed by atoms with Gasteiger partial charge in [-0.25, -0.2) is 9.97 Å². The van der Waals surface area contributed by atoms with Gasteiger partial charge in [0.15, 0.2) is 11.6 Å². The maximum atomic E-state index is 8.87. The Morgan fingerprint density at radius 3 is 1.67 bits per heavy atom. The van der Waals surface area contributed by atoms with Gasteiger partial charge < -0.3 is 19.3 Å². The first-order valence-electron chi connectivity index (χ1n) is 6.11. The third kappa shape index (κ3) is 2.77. The molecule has 2 aromatic rings. The molecule has 0 aromatic carbocycles. The van der Waals surface area contributed by atoms with Gasteiger partial charge in [0, 0.05) is 51.1 Å². The molecule has 2 rings (SSSR count). The highest BCUT2D eigenvalue weighted by Gasteiger charge is 2.11. The second-order valence-corrected chi connectivity index (χ2v) is 4.04. The first-order chi connectivity index (χ1) is 8.86. The predicted molar refractivity (Wildman–Crippen MR) is 66.9 cm³/mol. The van der Waals surface area contributed by atoms with E-state index in [1.165, 1.54) is 0 Å². The summed E-state index contributed by atoms with van der Waals surface area (Å²) in [6.07, 6.45) is 8.63. The molecule has 0 fully saturated rings. The molecule has 0 aliphatic heterocycles. The molecular formula is C12H18N4O2. The zero-order valence-electron chi connectivity index (χ0n) is 10.2. The molecule has 98 valence electrons. The number of hydrogen-bond donors (Lipinski definition) is 2. The maximum Gasteiger partial charge on any atom is 0.176 e. The Labute approximate surface area is 106 Å². The summed E-state index contributed by atoms with van der Waals surface area (Å²) in [7, 11) is 0. The van der Waals surface area contributed by atoms with E-state index in [0.717, 1.165) is 24.7 Å². The summed E-state index contributed by atoms with van der Waals surface area (Å²) in [6, 6.07) is 0. The lowest BCUT2D eigenvalue weighted by atomic mass is 10.4. The average Bonchev–Trinajstić information content (AvgIpc) is 3.01. The minimum Gasteiger partial charge on any atom is -0.396 e. The van der Waals surface area contributed by atoms with E-state index in [1.54, 1.807) is 12.4 Å². The van der Waals surface area contributed by atoms with Crippen LogP contribution in [-0.4, -0.2) is 42.5 Å². The van der Waals surface area contributed by atoms with Crippen molar-refractivity contribution in [2.45, 2.75) is 25.9 Å². The summed E-state index contributed by atoms with van der Waals surface area (Å²) in [6.45, 7) is 1.77.